The molecule has 1 rings (SSSR count). The lowest BCUT2D eigenvalue weighted by atomic mass is 10.0. The van der Waals surface area contributed by atoms with Crippen molar-refractivity contribution < 1.29 is 0 Å². The van der Waals surface area contributed by atoms with Gasteiger partial charge in [0, 0.05) is 0 Å². The third kappa shape index (κ3) is 4.08. The van der Waals surface area contributed by atoms with Crippen LogP contribution < -0.4 is 0 Å². The van der Waals surface area contributed by atoms with Gasteiger partial charge in [0.15, 0.2) is 0 Å². The summed E-state index contributed by atoms with van der Waals surface area (Å²) >= 11 is 0. The van der Waals surface area contributed by atoms with Crippen molar-refractivity contribution in [1.82, 2.24) is 0 Å². The van der Waals surface area contributed by atoms with Crippen LogP contribution in [-0.2, 0) is 0 Å². The lowest BCUT2D eigenvalue weighted by molar-refractivity contribution is 0.829. The van der Waals surface area contributed by atoms with Crippen LogP contribution in [0.25, 0.3) is 0 Å². The van der Waals surface area contributed by atoms with E-state index in [1.807, 2.05) is 6.08 Å². The second kappa shape index (κ2) is 6.20. The van der Waals surface area contributed by atoms with Gasteiger partial charge in [-0.25, -0.2) is 0 Å². The second-order valence-corrected chi connectivity index (χ2v) is 3.52. The summed E-state index contributed by atoms with van der Waals surface area (Å²) in [6.07, 6.45) is 17.2. The first-order chi connectivity index (χ1) is 6.83. The van der Waals surface area contributed by atoms with Crippen LogP contribution in [0.3, 0.4) is 0 Å². The summed E-state index contributed by atoms with van der Waals surface area (Å²) in [7, 11) is 0. The highest BCUT2D eigenvalue weighted by molar-refractivity contribution is 5.27. The molecular weight excluding hydrogens is 168 g/mol. The van der Waals surface area contributed by atoms with E-state index in [0.29, 0.717) is 0 Å². The van der Waals surface area contributed by atoms with E-state index in [9.17, 15) is 0 Å². The van der Waals surface area contributed by atoms with Gasteiger partial charge in [-0.15, -0.1) is 0 Å². The zero-order valence-electron chi connectivity index (χ0n) is 8.71. The van der Waals surface area contributed by atoms with Crippen LogP contribution in [0.2, 0.25) is 0 Å². The van der Waals surface area contributed by atoms with Gasteiger partial charge < -0.3 is 0 Å². The lowest BCUT2D eigenvalue weighted by Gasteiger charge is -2.01. The maximum atomic E-state index is 3.90. The molecule has 0 spiro atoms. The van der Waals surface area contributed by atoms with Gasteiger partial charge in [0.05, 0.1) is 0 Å². The minimum atomic E-state index is 1.05. The Balaban J connectivity index is 2.30. The smallest absolute Gasteiger partial charge is 0.0163 e. The van der Waals surface area contributed by atoms with Crippen molar-refractivity contribution in [2.45, 2.75) is 25.7 Å². The molecule has 0 saturated carbocycles. The van der Waals surface area contributed by atoms with Crippen molar-refractivity contribution in [3.63, 3.8) is 0 Å². The molecule has 0 fully saturated rings. The third-order valence-corrected chi connectivity index (χ3v) is 2.30. The molecule has 0 aromatic rings. The highest BCUT2D eigenvalue weighted by Crippen LogP contribution is 2.14. The standard InChI is InChI=1S/C14H18/c1-3-13(2)9-8-12-14-10-6-4-5-7-11-14/h3-4,6-7,10-11H,1-2,5,8-9,12H2. The molecule has 0 amide bonds. The van der Waals surface area contributed by atoms with Crippen LogP contribution in [0.1, 0.15) is 25.7 Å². The Labute approximate surface area is 87.0 Å². The Morgan fingerprint density at radius 1 is 1.43 bits per heavy atom. The molecule has 0 bridgehead atoms. The van der Waals surface area contributed by atoms with Crippen molar-refractivity contribution in [2.24, 2.45) is 0 Å². The largest absolute Gasteiger partial charge is 0.0988 e. The van der Waals surface area contributed by atoms with E-state index in [4.69, 9.17) is 0 Å². The molecule has 0 N–H and O–H groups in total. The molecule has 74 valence electrons. The Bertz CT molecular complexity index is 287. The number of allylic oxidation sites excluding steroid dienone is 8. The SMILES string of the molecule is C=CC(=C)CCCC1=CC=CCC=C1. The third-order valence-electron chi connectivity index (χ3n) is 2.30. The topological polar surface area (TPSA) is 0 Å². The van der Waals surface area contributed by atoms with Crippen molar-refractivity contribution in [3.8, 4) is 0 Å². The van der Waals surface area contributed by atoms with Crippen molar-refractivity contribution in [3.05, 3.63) is 60.8 Å². The van der Waals surface area contributed by atoms with Crippen LogP contribution in [-0.4, -0.2) is 0 Å². The number of rotatable bonds is 5. The fourth-order valence-corrected chi connectivity index (χ4v) is 1.41. The minimum absolute atomic E-state index is 1.05. The summed E-state index contributed by atoms with van der Waals surface area (Å²) in [5, 5.41) is 0. The molecule has 0 atom stereocenters. The van der Waals surface area contributed by atoms with E-state index in [1.165, 1.54) is 5.57 Å². The second-order valence-electron chi connectivity index (χ2n) is 3.52. The molecule has 1 aliphatic carbocycles. The van der Waals surface area contributed by atoms with Crippen molar-refractivity contribution >= 4 is 0 Å². The van der Waals surface area contributed by atoms with Gasteiger partial charge >= 0.3 is 0 Å². The molecule has 1 aliphatic rings. The summed E-state index contributed by atoms with van der Waals surface area (Å²) in [6, 6.07) is 0. The Kier molecular flexibility index (Phi) is 4.77. The van der Waals surface area contributed by atoms with Crippen LogP contribution in [0.5, 0.6) is 0 Å². The van der Waals surface area contributed by atoms with E-state index in [0.717, 1.165) is 31.3 Å². The first-order valence-electron chi connectivity index (χ1n) is 5.15. The van der Waals surface area contributed by atoms with Crippen LogP contribution in [0, 0.1) is 0 Å². The summed E-state index contributed by atoms with van der Waals surface area (Å²) in [5.74, 6) is 0. The quantitative estimate of drug-likeness (QED) is 0.560. The van der Waals surface area contributed by atoms with Crippen molar-refractivity contribution in [1.29, 1.82) is 0 Å². The van der Waals surface area contributed by atoms with Gasteiger partial charge in [-0.3, -0.25) is 0 Å². The maximum Gasteiger partial charge on any atom is -0.0163 e. The molecule has 0 saturated heterocycles. The minimum Gasteiger partial charge on any atom is -0.0988 e. The summed E-state index contributed by atoms with van der Waals surface area (Å²) in [5.41, 5.74) is 2.55. The Morgan fingerprint density at radius 2 is 2.29 bits per heavy atom. The monoisotopic (exact) mass is 186 g/mol. The van der Waals surface area contributed by atoms with Gasteiger partial charge in [-0.2, -0.15) is 0 Å². The van der Waals surface area contributed by atoms with Gasteiger partial charge in [0.2, 0.25) is 0 Å². The molecule has 0 unspecified atom stereocenters. The van der Waals surface area contributed by atoms with E-state index >= 15 is 0 Å². The van der Waals surface area contributed by atoms with Gasteiger partial charge in [0.25, 0.3) is 0 Å². The molecule has 0 nitrogen and oxygen atoms in total. The Morgan fingerprint density at radius 3 is 3.07 bits per heavy atom. The fourth-order valence-electron chi connectivity index (χ4n) is 1.41. The Hall–Kier alpha value is -1.30. The molecule has 0 heteroatoms. The summed E-state index contributed by atoms with van der Waals surface area (Å²) in [6.45, 7) is 7.61. The van der Waals surface area contributed by atoms with E-state index in [-0.39, 0.29) is 0 Å². The van der Waals surface area contributed by atoms with Gasteiger partial charge in [0.1, 0.15) is 0 Å². The average molecular weight is 186 g/mol. The predicted octanol–water partition coefficient (Wildman–Crippen LogP) is 4.34. The van der Waals surface area contributed by atoms with Crippen LogP contribution >= 0.6 is 0 Å². The van der Waals surface area contributed by atoms with E-state index < -0.39 is 0 Å². The van der Waals surface area contributed by atoms with Crippen molar-refractivity contribution in [2.75, 3.05) is 0 Å². The highest BCUT2D eigenvalue weighted by atomic mass is 14.0. The normalized spacial score (nSPS) is 14.7. The highest BCUT2D eigenvalue weighted by Gasteiger charge is 1.95. The molecular formula is C14H18. The number of hydrogen-bond donors (Lipinski definition) is 0. The molecule has 0 heterocycles. The average Bonchev–Trinajstić information content (AvgIpc) is 2.46. The molecule has 0 radical (unpaired) electrons. The summed E-state index contributed by atoms with van der Waals surface area (Å²) in [4.78, 5) is 0. The molecule has 0 aromatic carbocycles. The zero-order chi connectivity index (χ0) is 10.2. The fraction of sp³-hybridized carbons (Fsp3) is 0.286. The molecule has 14 heavy (non-hydrogen) atoms. The first-order valence-corrected chi connectivity index (χ1v) is 5.15. The predicted molar refractivity (Wildman–Crippen MR) is 64.2 cm³/mol. The van der Waals surface area contributed by atoms with E-state index in [2.05, 4.69) is 43.5 Å². The lowest BCUT2D eigenvalue weighted by Crippen LogP contribution is -1.81. The van der Waals surface area contributed by atoms with Crippen LogP contribution in [0.4, 0.5) is 0 Å². The van der Waals surface area contributed by atoms with Crippen LogP contribution in [0.15, 0.2) is 60.8 Å². The molecule has 0 aliphatic heterocycles. The summed E-state index contributed by atoms with van der Waals surface area (Å²) < 4.78 is 0. The molecule has 0 aromatic heterocycles. The maximum absolute atomic E-state index is 3.90. The van der Waals surface area contributed by atoms with Gasteiger partial charge in [-0.1, -0.05) is 55.2 Å². The zero-order valence-corrected chi connectivity index (χ0v) is 8.71. The van der Waals surface area contributed by atoms with Gasteiger partial charge in [-0.05, 0) is 31.3 Å². The number of hydrogen-bond acceptors (Lipinski definition) is 0. The van der Waals surface area contributed by atoms with E-state index in [1.54, 1.807) is 0 Å². The first kappa shape index (κ1) is 10.8.